The third-order valence-electron chi connectivity index (χ3n) is 2.69. The Balaban J connectivity index is 2.66. The zero-order chi connectivity index (χ0) is 15.4. The van der Waals surface area contributed by atoms with Gasteiger partial charge in [-0.2, -0.15) is 5.26 Å². The maximum Gasteiger partial charge on any atom is 0.293 e. The Labute approximate surface area is 120 Å². The van der Waals surface area contributed by atoms with Crippen molar-refractivity contribution in [2.24, 2.45) is 5.73 Å². The molecule has 2 aromatic rings. The first-order chi connectivity index (χ1) is 10.0. The van der Waals surface area contributed by atoms with Gasteiger partial charge in [0, 0.05) is 17.7 Å². The van der Waals surface area contributed by atoms with Crippen LogP contribution in [0.5, 0.6) is 0 Å². The number of benzene rings is 1. The van der Waals surface area contributed by atoms with Gasteiger partial charge in [-0.25, -0.2) is 9.37 Å². The Morgan fingerprint density at radius 1 is 1.33 bits per heavy atom. The van der Waals surface area contributed by atoms with Gasteiger partial charge in [-0.3, -0.25) is 4.79 Å². The summed E-state index contributed by atoms with van der Waals surface area (Å²) >= 11 is 0. The number of pyridine rings is 1. The van der Waals surface area contributed by atoms with Crippen LogP contribution in [0.2, 0.25) is 0 Å². The summed E-state index contributed by atoms with van der Waals surface area (Å²) in [5, 5.41) is 8.87. The summed E-state index contributed by atoms with van der Waals surface area (Å²) in [4.78, 5) is 14.7. The van der Waals surface area contributed by atoms with Crippen LogP contribution < -0.4 is 11.5 Å². The smallest absolute Gasteiger partial charge is 0.293 e. The maximum atomic E-state index is 13.4. The van der Waals surface area contributed by atoms with Crippen molar-refractivity contribution < 1.29 is 9.18 Å². The van der Waals surface area contributed by atoms with Gasteiger partial charge in [-0.05, 0) is 23.8 Å². The summed E-state index contributed by atoms with van der Waals surface area (Å²) in [6.45, 7) is 0. The first kappa shape index (κ1) is 14.0. The molecule has 0 atom stereocenters. The maximum absolute atomic E-state index is 13.4. The topological polar surface area (TPSA) is 106 Å². The number of rotatable bonds is 1. The van der Waals surface area contributed by atoms with Crippen LogP contribution in [-0.2, 0) is 4.79 Å². The lowest BCUT2D eigenvalue weighted by molar-refractivity contribution is -0.112. The van der Waals surface area contributed by atoms with Crippen molar-refractivity contribution >= 4 is 11.7 Å². The molecule has 1 amide bonds. The molecule has 0 aliphatic carbocycles. The Kier molecular flexibility index (Phi) is 3.83. The van der Waals surface area contributed by atoms with Crippen LogP contribution in [0.15, 0.2) is 30.5 Å². The zero-order valence-electron chi connectivity index (χ0n) is 10.7. The molecule has 0 aliphatic heterocycles. The van der Waals surface area contributed by atoms with Gasteiger partial charge in [0.25, 0.3) is 5.91 Å². The van der Waals surface area contributed by atoms with Crippen LogP contribution in [0.4, 0.5) is 10.2 Å². The van der Waals surface area contributed by atoms with E-state index >= 15 is 0 Å². The minimum Gasteiger partial charge on any atom is -0.383 e. The molecule has 0 unspecified atom stereocenters. The van der Waals surface area contributed by atoms with E-state index in [1.807, 2.05) is 0 Å². The number of hydrogen-bond donors (Lipinski definition) is 2. The Bertz CT molecular complexity index is 828. The molecule has 6 heteroatoms. The molecule has 0 aliphatic rings. The fourth-order valence-electron chi connectivity index (χ4n) is 1.75. The van der Waals surface area contributed by atoms with Crippen LogP contribution in [0.3, 0.4) is 0 Å². The highest BCUT2D eigenvalue weighted by molar-refractivity contribution is 5.93. The van der Waals surface area contributed by atoms with Crippen molar-refractivity contribution in [2.75, 3.05) is 5.73 Å². The van der Waals surface area contributed by atoms with Crippen LogP contribution in [0.1, 0.15) is 11.1 Å². The highest BCUT2D eigenvalue weighted by Gasteiger charge is 2.10. The monoisotopic (exact) mass is 280 g/mol. The van der Waals surface area contributed by atoms with E-state index in [4.69, 9.17) is 16.7 Å². The molecule has 21 heavy (non-hydrogen) atoms. The number of carbonyl (C=O) groups is 1. The number of amides is 1. The Hall–Kier alpha value is -3.38. The van der Waals surface area contributed by atoms with Gasteiger partial charge in [-0.15, -0.1) is 0 Å². The highest BCUT2D eigenvalue weighted by atomic mass is 19.1. The molecule has 0 fully saturated rings. The molecular weight excluding hydrogens is 271 g/mol. The number of nitrogens with two attached hydrogens (primary N) is 2. The average Bonchev–Trinajstić information content (AvgIpc) is 2.46. The summed E-state index contributed by atoms with van der Waals surface area (Å²) in [5.41, 5.74) is 12.0. The molecule has 0 bridgehead atoms. The van der Waals surface area contributed by atoms with Gasteiger partial charge < -0.3 is 11.5 Å². The minimum atomic E-state index is -0.805. The third kappa shape index (κ3) is 2.96. The van der Waals surface area contributed by atoms with Gasteiger partial charge in [0.1, 0.15) is 17.7 Å². The second kappa shape index (κ2) is 5.72. The number of nitrogen functional groups attached to an aromatic ring is 1. The van der Waals surface area contributed by atoms with Crippen molar-refractivity contribution in [2.45, 2.75) is 0 Å². The van der Waals surface area contributed by atoms with E-state index in [2.05, 4.69) is 16.8 Å². The number of halogens is 1. The second-order valence-corrected chi connectivity index (χ2v) is 4.04. The summed E-state index contributed by atoms with van der Waals surface area (Å²) in [7, 11) is 0. The van der Waals surface area contributed by atoms with Gasteiger partial charge >= 0.3 is 0 Å². The lowest BCUT2D eigenvalue weighted by Crippen LogP contribution is -2.06. The number of nitrogens with zero attached hydrogens (tertiary/aromatic N) is 2. The molecule has 1 aromatic carbocycles. The number of nitriles is 1. The third-order valence-corrected chi connectivity index (χ3v) is 2.69. The van der Waals surface area contributed by atoms with E-state index < -0.39 is 11.7 Å². The summed E-state index contributed by atoms with van der Waals surface area (Å²) in [5.74, 6) is 3.42. The molecule has 0 saturated carbocycles. The normalized spacial score (nSPS) is 9.33. The van der Waals surface area contributed by atoms with E-state index in [0.717, 1.165) is 0 Å². The quantitative estimate of drug-likeness (QED) is 0.765. The van der Waals surface area contributed by atoms with E-state index in [-0.39, 0.29) is 11.4 Å². The Morgan fingerprint density at radius 2 is 2.10 bits per heavy atom. The largest absolute Gasteiger partial charge is 0.383 e. The lowest BCUT2D eigenvalue weighted by Gasteiger charge is -2.07. The van der Waals surface area contributed by atoms with Crippen molar-refractivity contribution in [3.05, 3.63) is 47.4 Å². The number of primary amides is 1. The van der Waals surface area contributed by atoms with Crippen LogP contribution in [0, 0.1) is 29.0 Å². The molecule has 0 spiro atoms. The summed E-state index contributed by atoms with van der Waals surface area (Å²) in [6, 6.07) is 7.40. The van der Waals surface area contributed by atoms with Gasteiger partial charge in [-0.1, -0.05) is 12.0 Å². The number of aromatic nitrogens is 1. The average molecular weight is 280 g/mol. The van der Waals surface area contributed by atoms with Crippen LogP contribution in [0.25, 0.3) is 11.1 Å². The van der Waals surface area contributed by atoms with E-state index in [1.54, 1.807) is 12.1 Å². The van der Waals surface area contributed by atoms with E-state index in [0.29, 0.717) is 16.7 Å². The summed E-state index contributed by atoms with van der Waals surface area (Å²) < 4.78 is 13.4. The second-order valence-electron chi connectivity index (χ2n) is 4.04. The van der Waals surface area contributed by atoms with Crippen molar-refractivity contribution in [1.82, 2.24) is 4.98 Å². The summed E-state index contributed by atoms with van der Waals surface area (Å²) in [6.07, 6.45) is 1.45. The first-order valence-corrected chi connectivity index (χ1v) is 5.79. The first-order valence-electron chi connectivity index (χ1n) is 5.79. The molecule has 1 heterocycles. The van der Waals surface area contributed by atoms with Crippen molar-refractivity contribution in [3.8, 4) is 29.0 Å². The van der Waals surface area contributed by atoms with Crippen LogP contribution >= 0.6 is 0 Å². The number of carbonyl (C=O) groups excluding carboxylic acids is 1. The molecule has 0 saturated heterocycles. The predicted molar refractivity (Wildman–Crippen MR) is 74.8 cm³/mol. The van der Waals surface area contributed by atoms with Gasteiger partial charge in [0.2, 0.25) is 0 Å². The number of hydrogen-bond acceptors (Lipinski definition) is 4. The van der Waals surface area contributed by atoms with Gasteiger partial charge in [0.15, 0.2) is 0 Å². The molecule has 4 N–H and O–H groups in total. The highest BCUT2D eigenvalue weighted by Crippen LogP contribution is 2.27. The standard InChI is InChI=1S/C15H9FN4O/c16-13-3-1-9(7-10(13)8-17)11-5-6-20-15(19)12(11)2-4-14(18)21/h1,3,5-7H,(H2,18,21)(H2,19,20). The van der Waals surface area contributed by atoms with E-state index in [1.165, 1.54) is 24.4 Å². The van der Waals surface area contributed by atoms with Crippen LogP contribution in [-0.4, -0.2) is 10.9 Å². The molecule has 5 nitrogen and oxygen atoms in total. The fourth-order valence-corrected chi connectivity index (χ4v) is 1.75. The molecule has 2 rings (SSSR count). The number of anilines is 1. The molecule has 0 radical (unpaired) electrons. The minimum absolute atomic E-state index is 0.100. The molecule has 1 aromatic heterocycles. The van der Waals surface area contributed by atoms with E-state index in [9.17, 15) is 9.18 Å². The zero-order valence-corrected chi connectivity index (χ0v) is 10.7. The van der Waals surface area contributed by atoms with Crippen molar-refractivity contribution in [1.29, 1.82) is 5.26 Å². The Morgan fingerprint density at radius 3 is 2.76 bits per heavy atom. The SMILES string of the molecule is N#Cc1cc(-c2ccnc(N)c2C#CC(N)=O)ccc1F. The van der Waals surface area contributed by atoms with Crippen molar-refractivity contribution in [3.63, 3.8) is 0 Å². The fraction of sp³-hybridized carbons (Fsp3) is 0. The predicted octanol–water partition coefficient (Wildman–Crippen LogP) is 1.18. The van der Waals surface area contributed by atoms with Gasteiger partial charge in [0.05, 0.1) is 11.1 Å². The lowest BCUT2D eigenvalue weighted by atomic mass is 9.99. The molecule has 102 valence electrons. The molecular formula is C15H9FN4O.